The Labute approximate surface area is 327 Å². The number of hydrogen-bond acceptors (Lipinski definition) is 7. The molecule has 2 amide bonds. The van der Waals surface area contributed by atoms with Crippen molar-refractivity contribution in [2.24, 2.45) is 5.92 Å². The van der Waals surface area contributed by atoms with Gasteiger partial charge in [0.15, 0.2) is 17.1 Å². The number of fused-ring (bicyclic) bond motifs is 6. The maximum Gasteiger partial charge on any atom is 0.435 e. The van der Waals surface area contributed by atoms with Gasteiger partial charge in [-0.25, -0.2) is 18.7 Å². The highest BCUT2D eigenvalue weighted by Gasteiger charge is 2.68. The largest absolute Gasteiger partial charge is 0.435 e. The zero-order valence-corrected chi connectivity index (χ0v) is 30.6. The molecular weight excluding hydrogens is 790 g/mol. The molecule has 4 heterocycles. The van der Waals surface area contributed by atoms with Crippen LogP contribution in [0.1, 0.15) is 84.9 Å². The van der Waals surface area contributed by atoms with Crippen LogP contribution in [0.4, 0.5) is 30.7 Å². The monoisotopic (exact) mass is 816 g/mol. The van der Waals surface area contributed by atoms with Crippen molar-refractivity contribution in [1.29, 1.82) is 0 Å². The summed E-state index contributed by atoms with van der Waals surface area (Å²) in [5.74, 6) is -9.15. The van der Waals surface area contributed by atoms with Crippen LogP contribution in [0.3, 0.4) is 0 Å². The first kappa shape index (κ1) is 36.4. The number of nitrogens with zero attached hydrogens (tertiary/aromatic N) is 4. The Hall–Kier alpha value is -5.97. The number of nitrogens with one attached hydrogen (secondary N) is 2. The number of pyridine rings is 1. The average Bonchev–Trinajstić information content (AvgIpc) is 3.45. The zero-order chi connectivity index (χ0) is 40.4. The number of benzene rings is 3. The number of ketones is 1. The number of aryl methyl sites for hydroxylation is 1. The maximum atomic E-state index is 15.4. The van der Waals surface area contributed by atoms with E-state index in [1.165, 1.54) is 11.3 Å². The lowest BCUT2D eigenvalue weighted by atomic mass is 9.93. The van der Waals surface area contributed by atoms with Gasteiger partial charge >= 0.3 is 6.18 Å². The van der Waals surface area contributed by atoms with Crippen LogP contribution in [-0.2, 0) is 42.8 Å². The summed E-state index contributed by atoms with van der Waals surface area (Å²) in [5.41, 5.74) is 1.55. The highest BCUT2D eigenvalue weighted by molar-refractivity contribution is 7.21. The summed E-state index contributed by atoms with van der Waals surface area (Å²) in [6.07, 6.45) is -4.62. The van der Waals surface area contributed by atoms with Gasteiger partial charge in [0, 0.05) is 52.8 Å². The lowest BCUT2D eigenvalue weighted by Crippen LogP contribution is -2.35. The Bertz CT molecular complexity index is 2780. The molecule has 1 aliphatic heterocycles. The summed E-state index contributed by atoms with van der Waals surface area (Å²) in [6, 6.07) is 13.8. The number of carbonyl (C=O) groups excluding carboxylic acids is 3. The first-order valence-electron chi connectivity index (χ1n) is 18.3. The third-order valence-electron chi connectivity index (χ3n) is 11.3. The molecule has 17 heteroatoms. The minimum Gasteiger partial charge on any atom is -0.348 e. The fraction of sp³-hybridized carbons (Fsp3) is 0.268. The SMILES string of the molecule is O=C(Cn1nc(C(F)(F)F)c2c1C(F)(F)[C@@H]1C[C@H]21)N[C@@H](Cc1cc(F)cc(F)c1)c1nc2nc(-c3ccc4c(c3)C(=O)NC4)sc2cc1-c1ccc2c(c1)C(=O)CC2. The van der Waals surface area contributed by atoms with Crippen LogP contribution in [0, 0.1) is 17.6 Å². The number of aromatic nitrogens is 4. The Balaban J connectivity index is 1.10. The molecule has 3 aromatic heterocycles. The predicted octanol–water partition coefficient (Wildman–Crippen LogP) is 8.20. The van der Waals surface area contributed by atoms with Gasteiger partial charge < -0.3 is 10.6 Å². The van der Waals surface area contributed by atoms with Crippen molar-refractivity contribution in [2.45, 2.75) is 62.8 Å². The van der Waals surface area contributed by atoms with E-state index in [4.69, 9.17) is 9.97 Å². The first-order valence-corrected chi connectivity index (χ1v) is 19.1. The van der Waals surface area contributed by atoms with Crippen LogP contribution < -0.4 is 10.6 Å². The molecule has 0 bridgehead atoms. The molecule has 10 rings (SSSR count). The van der Waals surface area contributed by atoms with Crippen LogP contribution in [0.25, 0.3) is 32.0 Å². The standard InChI is InChI=1S/C41H27F7N6O3S/c42-22-7-17(8-23(43)12-22)9-29(50-32(56)16-54-36-33(35(53-54)41(46,47)48)27-13-28(27)40(36,44)45)34-25(19-2-1-18-5-6-30(55)24(18)10-19)14-31-37(51-34)52-39(58-31)20-3-4-21-15-49-38(57)26(21)11-20/h1-4,7-8,10-12,14,27-29H,5-6,9,13,15-16H2,(H,49,57)(H,50,56)/t27-,28+,29-/m0/s1. The quantitative estimate of drug-likeness (QED) is 0.150. The van der Waals surface area contributed by atoms with Gasteiger partial charge in [-0.3, -0.25) is 19.1 Å². The molecule has 0 unspecified atom stereocenters. The van der Waals surface area contributed by atoms with E-state index in [1.54, 1.807) is 30.3 Å². The van der Waals surface area contributed by atoms with Crippen LogP contribution in [0.2, 0.25) is 0 Å². The molecule has 6 aromatic rings. The summed E-state index contributed by atoms with van der Waals surface area (Å²) in [6.45, 7) is -0.636. The second-order valence-corrected chi connectivity index (χ2v) is 16.1. The Kier molecular flexibility index (Phi) is 8.01. The van der Waals surface area contributed by atoms with Crippen molar-refractivity contribution >= 4 is 39.3 Å². The number of halogens is 7. The van der Waals surface area contributed by atoms with Crippen LogP contribution in [0.5, 0.6) is 0 Å². The molecule has 0 radical (unpaired) electrons. The van der Waals surface area contributed by atoms with Crippen LogP contribution in [-0.4, -0.2) is 37.3 Å². The number of Topliss-reactive ketones (excluding diaryl/α,β-unsaturated/α-hetero) is 1. The van der Waals surface area contributed by atoms with Crippen molar-refractivity contribution in [1.82, 2.24) is 30.4 Å². The highest BCUT2D eigenvalue weighted by Crippen LogP contribution is 2.68. The third-order valence-corrected chi connectivity index (χ3v) is 12.4. The smallest absolute Gasteiger partial charge is 0.348 e. The summed E-state index contributed by atoms with van der Waals surface area (Å²) in [7, 11) is 0. The van der Waals surface area contributed by atoms with Crippen molar-refractivity contribution < 1.29 is 45.1 Å². The van der Waals surface area contributed by atoms with E-state index in [0.29, 0.717) is 67.7 Å². The molecule has 9 nitrogen and oxygen atoms in total. The minimum atomic E-state index is -5.05. The highest BCUT2D eigenvalue weighted by atomic mass is 32.1. The second kappa shape index (κ2) is 12.8. The van der Waals surface area contributed by atoms with E-state index in [1.807, 2.05) is 12.1 Å². The lowest BCUT2D eigenvalue weighted by molar-refractivity contribution is -0.142. The predicted molar refractivity (Wildman–Crippen MR) is 195 cm³/mol. The van der Waals surface area contributed by atoms with Gasteiger partial charge in [-0.1, -0.05) is 24.3 Å². The number of alkyl halides is 5. The number of hydrogen-bond donors (Lipinski definition) is 2. The van der Waals surface area contributed by atoms with Crippen molar-refractivity contribution in [3.05, 3.63) is 123 Å². The third kappa shape index (κ3) is 5.96. The first-order chi connectivity index (χ1) is 27.6. The van der Waals surface area contributed by atoms with E-state index in [9.17, 15) is 36.3 Å². The van der Waals surface area contributed by atoms with E-state index in [2.05, 4.69) is 15.7 Å². The van der Waals surface area contributed by atoms with E-state index < -0.39 is 71.0 Å². The van der Waals surface area contributed by atoms with Gasteiger partial charge in [-0.05, 0) is 77.8 Å². The minimum absolute atomic E-state index is 0.0705. The molecule has 0 saturated heterocycles. The summed E-state index contributed by atoms with van der Waals surface area (Å²) in [4.78, 5) is 48.9. The van der Waals surface area contributed by atoms with Gasteiger partial charge in [-0.15, -0.1) is 11.3 Å². The fourth-order valence-corrected chi connectivity index (χ4v) is 9.54. The molecule has 2 N–H and O–H groups in total. The topological polar surface area (TPSA) is 119 Å². The second-order valence-electron chi connectivity index (χ2n) is 15.1. The lowest BCUT2D eigenvalue weighted by Gasteiger charge is -2.23. The zero-order valence-electron chi connectivity index (χ0n) is 29.8. The molecule has 0 spiro atoms. The summed E-state index contributed by atoms with van der Waals surface area (Å²) in [5, 5.41) is 9.45. The van der Waals surface area contributed by atoms with Gasteiger partial charge in [0.1, 0.15) is 28.9 Å². The Morgan fingerprint density at radius 1 is 0.931 bits per heavy atom. The van der Waals surface area contributed by atoms with Crippen molar-refractivity contribution in [2.75, 3.05) is 0 Å². The summed E-state index contributed by atoms with van der Waals surface area (Å²) < 4.78 is 103. The normalized spacial score (nSPS) is 19.2. The molecule has 4 aliphatic rings. The van der Waals surface area contributed by atoms with Crippen molar-refractivity contribution in [3.8, 4) is 21.7 Å². The Morgan fingerprint density at radius 3 is 2.45 bits per heavy atom. The van der Waals surface area contributed by atoms with E-state index in [0.717, 1.165) is 23.3 Å². The fourth-order valence-electron chi connectivity index (χ4n) is 8.60. The number of carbonyl (C=O) groups is 3. The van der Waals surface area contributed by atoms with Gasteiger partial charge in [0.2, 0.25) is 5.91 Å². The number of amides is 2. The Morgan fingerprint density at radius 2 is 1.67 bits per heavy atom. The van der Waals surface area contributed by atoms with Crippen LogP contribution >= 0.6 is 11.3 Å². The molecule has 3 aliphatic carbocycles. The van der Waals surface area contributed by atoms with E-state index >= 15 is 8.78 Å². The molecule has 3 aromatic carbocycles. The molecule has 1 fully saturated rings. The number of rotatable bonds is 8. The number of thiazole rings is 1. The summed E-state index contributed by atoms with van der Waals surface area (Å²) >= 11 is 1.26. The average molecular weight is 817 g/mol. The molecule has 1 saturated carbocycles. The van der Waals surface area contributed by atoms with Crippen LogP contribution in [0.15, 0.2) is 60.7 Å². The molecular formula is C41H27F7N6O3S. The van der Waals surface area contributed by atoms with Gasteiger partial charge in [0.05, 0.1) is 16.4 Å². The van der Waals surface area contributed by atoms with E-state index in [-0.39, 0.29) is 41.4 Å². The van der Waals surface area contributed by atoms with Crippen molar-refractivity contribution in [3.63, 3.8) is 0 Å². The molecule has 58 heavy (non-hydrogen) atoms. The van der Waals surface area contributed by atoms with Gasteiger partial charge in [-0.2, -0.15) is 27.1 Å². The molecule has 294 valence electrons. The van der Waals surface area contributed by atoms with Gasteiger partial charge in [0.25, 0.3) is 11.8 Å². The maximum absolute atomic E-state index is 15.4. The molecule has 3 atom stereocenters.